The monoisotopic (exact) mass is 308 g/mol. The molecule has 0 atom stereocenters. The Bertz CT molecular complexity index is 341. The van der Waals surface area contributed by atoms with Crippen molar-refractivity contribution >= 4 is 5.91 Å². The molecule has 0 saturated carbocycles. The molecule has 1 rings (SSSR count). The van der Waals surface area contributed by atoms with Crippen LogP contribution in [0.15, 0.2) is 18.2 Å². The summed E-state index contributed by atoms with van der Waals surface area (Å²) >= 11 is -0.235. The van der Waals surface area contributed by atoms with E-state index in [0.717, 1.165) is 3.57 Å². The van der Waals surface area contributed by atoms with E-state index in [1.807, 2.05) is 11.0 Å². The van der Waals surface area contributed by atoms with Crippen molar-refractivity contribution in [1.29, 1.82) is 0 Å². The summed E-state index contributed by atoms with van der Waals surface area (Å²) in [5.74, 6) is -0.360. The van der Waals surface area contributed by atoms with Gasteiger partial charge in [-0.1, -0.05) is 0 Å². The van der Waals surface area contributed by atoms with Gasteiger partial charge in [-0.25, -0.2) is 0 Å². The maximum atomic E-state index is 11.3. The van der Waals surface area contributed by atoms with Gasteiger partial charge in [-0.3, -0.25) is 0 Å². The van der Waals surface area contributed by atoms with Crippen LogP contribution in [-0.2, 0) is 4.84 Å². The summed E-state index contributed by atoms with van der Waals surface area (Å²) in [4.78, 5) is 17.9. The van der Waals surface area contributed by atoms with Crippen molar-refractivity contribution in [3.8, 4) is 5.75 Å². The Hall–Kier alpha value is -0.820. The van der Waals surface area contributed by atoms with Crippen molar-refractivity contribution < 1.29 is 35.9 Å². The summed E-state index contributed by atoms with van der Waals surface area (Å²) in [6, 6.07) is 5.14. The molecule has 0 radical (unpaired) electrons. The number of carbonyl (C=O) groups is 1. The fourth-order valence-corrected chi connectivity index (χ4v) is 2.37. The zero-order valence-corrected chi connectivity index (χ0v) is 10.0. The van der Waals surface area contributed by atoms with Crippen LogP contribution >= 0.6 is 0 Å². The van der Waals surface area contributed by atoms with E-state index < -0.39 is 5.91 Å². The van der Waals surface area contributed by atoms with E-state index in [9.17, 15) is 9.90 Å². The van der Waals surface area contributed by atoms with Crippen LogP contribution in [0.25, 0.3) is 0 Å². The average molecular weight is 308 g/mol. The number of hydroxylamine groups is 1. The predicted molar refractivity (Wildman–Crippen MR) is 47.2 cm³/mol. The molecule has 0 fully saturated rings. The molecular weight excluding hydrogens is 297 g/mol. The molecule has 0 unspecified atom stereocenters. The van der Waals surface area contributed by atoms with Gasteiger partial charge in [-0.2, -0.15) is 0 Å². The van der Waals surface area contributed by atoms with Crippen molar-refractivity contribution in [3.63, 3.8) is 0 Å². The van der Waals surface area contributed by atoms with Crippen LogP contribution in [0.4, 0.5) is 0 Å². The molecule has 2 N–H and O–H groups in total. The van der Waals surface area contributed by atoms with E-state index in [-0.39, 0.29) is 32.5 Å². The number of halogens is 1. The van der Waals surface area contributed by atoms with E-state index in [1.165, 1.54) is 7.11 Å². The number of nitrogens with one attached hydrogen (secondary N) is 1. The zero-order valence-electron chi connectivity index (χ0n) is 7.87. The van der Waals surface area contributed by atoms with Gasteiger partial charge in [0.2, 0.25) is 0 Å². The molecule has 0 aliphatic heterocycles. The average Bonchev–Trinajstić information content (AvgIpc) is 2.18. The third kappa shape index (κ3) is 2.36. The van der Waals surface area contributed by atoms with Crippen LogP contribution in [0.1, 0.15) is 10.4 Å². The maximum absolute atomic E-state index is 11.3. The fourth-order valence-electron chi connectivity index (χ4n) is 0.999. The van der Waals surface area contributed by atoms with Crippen LogP contribution < -0.4 is 26.7 Å². The summed E-state index contributed by atoms with van der Waals surface area (Å²) in [6.45, 7) is 0. The first kappa shape index (κ1) is 11.3. The molecule has 0 aliphatic rings. The summed E-state index contributed by atoms with van der Waals surface area (Å²) in [5.41, 5.74) is 2.42. The Kier molecular flexibility index (Phi) is 4.15. The quantitative estimate of drug-likeness (QED) is 0.371. The van der Waals surface area contributed by atoms with Gasteiger partial charge in [0.1, 0.15) is 0 Å². The van der Waals surface area contributed by atoms with Crippen molar-refractivity contribution in [1.82, 2.24) is 5.48 Å². The number of hydrogen-bond donors (Lipinski definition) is 2. The molecule has 78 valence electrons. The van der Waals surface area contributed by atoms with Crippen LogP contribution in [0.2, 0.25) is 0 Å². The van der Waals surface area contributed by atoms with Crippen LogP contribution in [0.3, 0.4) is 0 Å². The number of para-hydroxylation sites is 1. The first-order chi connectivity index (χ1) is 6.70. The molecule has 1 aromatic carbocycles. The van der Waals surface area contributed by atoms with Gasteiger partial charge >= 0.3 is 92.5 Å². The third-order valence-electron chi connectivity index (χ3n) is 1.63. The molecule has 0 spiro atoms. The Balaban J connectivity index is 3.03. The number of alkyl halides is 1. The second-order valence-corrected chi connectivity index (χ2v) is 4.70. The summed E-state index contributed by atoms with van der Waals surface area (Å²) in [7, 11) is 1.35. The number of phenols is 1. The van der Waals surface area contributed by atoms with Gasteiger partial charge in [0.25, 0.3) is 0 Å². The van der Waals surface area contributed by atoms with Gasteiger partial charge < -0.3 is 0 Å². The van der Waals surface area contributed by atoms with Crippen LogP contribution in [0.5, 0.6) is 5.75 Å². The number of amides is 1. The zero-order chi connectivity index (χ0) is 10.6. The second kappa shape index (κ2) is 5.16. The Morgan fingerprint density at radius 2 is 2.29 bits per heavy atom. The van der Waals surface area contributed by atoms with Crippen molar-refractivity contribution in [3.05, 3.63) is 27.3 Å². The number of aromatic hydroxyl groups is 1. The molecule has 0 heterocycles. The summed E-state index contributed by atoms with van der Waals surface area (Å²) in [5, 5.41) is 9.70. The number of carbonyl (C=O) groups excluding carboxylic acids is 1. The van der Waals surface area contributed by atoms with E-state index in [1.54, 1.807) is 12.1 Å². The van der Waals surface area contributed by atoms with Gasteiger partial charge in [0, 0.05) is 0 Å². The molecule has 0 aromatic heterocycles. The SMILES string of the molecule is CONC(=O)c1cccc([I-]C)c1O. The molecule has 1 aromatic rings. The van der Waals surface area contributed by atoms with E-state index in [4.69, 9.17) is 0 Å². The van der Waals surface area contributed by atoms with Crippen LogP contribution in [0, 0.1) is 3.57 Å². The Morgan fingerprint density at radius 1 is 1.57 bits per heavy atom. The van der Waals surface area contributed by atoms with Crippen molar-refractivity contribution in [2.24, 2.45) is 0 Å². The number of phenolic OH excluding ortho intramolecular Hbond substituents is 1. The Labute approximate surface area is 92.5 Å². The number of rotatable bonds is 3. The van der Waals surface area contributed by atoms with E-state index >= 15 is 0 Å². The second-order valence-electron chi connectivity index (χ2n) is 2.46. The van der Waals surface area contributed by atoms with Gasteiger partial charge in [-0.05, 0) is 0 Å². The van der Waals surface area contributed by atoms with Crippen molar-refractivity contribution in [2.75, 3.05) is 12.0 Å². The first-order valence-corrected chi connectivity index (χ1v) is 7.09. The van der Waals surface area contributed by atoms with E-state index in [0.29, 0.717) is 0 Å². The minimum absolute atomic E-state index is 0.0670. The van der Waals surface area contributed by atoms with Crippen LogP contribution in [-0.4, -0.2) is 23.1 Å². The van der Waals surface area contributed by atoms with Gasteiger partial charge in [0.15, 0.2) is 0 Å². The molecule has 4 nitrogen and oxygen atoms in total. The molecular formula is C9H11INO3-. The molecule has 0 aliphatic carbocycles. The van der Waals surface area contributed by atoms with Gasteiger partial charge in [-0.15, -0.1) is 0 Å². The molecule has 0 bridgehead atoms. The first-order valence-electron chi connectivity index (χ1n) is 3.85. The fraction of sp³-hybridized carbons (Fsp3) is 0.222. The Morgan fingerprint density at radius 3 is 2.86 bits per heavy atom. The predicted octanol–water partition coefficient (Wildman–Crippen LogP) is -2.43. The normalized spacial score (nSPS) is 10.1. The number of benzene rings is 1. The summed E-state index contributed by atoms with van der Waals surface area (Å²) < 4.78 is 0.854. The number of hydrogen-bond acceptors (Lipinski definition) is 3. The molecule has 0 saturated heterocycles. The van der Waals surface area contributed by atoms with Crippen molar-refractivity contribution in [2.45, 2.75) is 0 Å². The third-order valence-corrected chi connectivity index (χ3v) is 3.66. The molecule has 14 heavy (non-hydrogen) atoms. The van der Waals surface area contributed by atoms with E-state index in [2.05, 4.69) is 10.3 Å². The minimum atomic E-state index is -0.427. The summed E-state index contributed by atoms with van der Waals surface area (Å²) in [6.07, 6.45) is 0. The standard InChI is InChI=1S/C9H11INO3/c1-10-7-5-3-4-6(8(7)12)9(13)11-14-2/h3-5,12H,1-2H3,(H,11,13)/q-1. The molecule has 5 heteroatoms. The topological polar surface area (TPSA) is 58.6 Å². The molecule has 1 amide bonds. The van der Waals surface area contributed by atoms with Gasteiger partial charge in [0.05, 0.1) is 0 Å².